The fraction of sp³-hybridized carbons (Fsp3) is 0.520. The van der Waals surface area contributed by atoms with E-state index in [1.165, 1.54) is 22.4 Å². The van der Waals surface area contributed by atoms with Crippen molar-refractivity contribution in [1.29, 1.82) is 0 Å². The van der Waals surface area contributed by atoms with Crippen LogP contribution < -0.4 is 5.56 Å². The van der Waals surface area contributed by atoms with Gasteiger partial charge in [-0.15, -0.1) is 0 Å². The van der Waals surface area contributed by atoms with Crippen LogP contribution >= 0.6 is 11.8 Å². The lowest BCUT2D eigenvalue weighted by atomic mass is 9.98. The fourth-order valence-corrected chi connectivity index (χ4v) is 5.05. The number of piperidine rings is 1. The Kier molecular flexibility index (Phi) is 9.27. The molecular weight excluding hydrogens is 457 g/mol. The Morgan fingerprint density at radius 3 is 2.79 bits per heavy atom. The number of carbonyl (C=O) groups is 2. The molecule has 1 atom stereocenters. The number of thioether (sulfide) groups is 1. The SMILES string of the molecule is CCOC(=O)C1CCCN(C(=O)CCCSc2nc(C)c(Cc3ccccc3F)c(=O)n2C)C1. The predicted molar refractivity (Wildman–Crippen MR) is 129 cm³/mol. The van der Waals surface area contributed by atoms with Crippen molar-refractivity contribution in [1.82, 2.24) is 14.5 Å². The van der Waals surface area contributed by atoms with E-state index in [9.17, 15) is 18.8 Å². The van der Waals surface area contributed by atoms with Gasteiger partial charge in [0.15, 0.2) is 5.16 Å². The number of esters is 1. The van der Waals surface area contributed by atoms with Crippen molar-refractivity contribution in [2.24, 2.45) is 13.0 Å². The molecule has 0 N–H and O–H groups in total. The number of likely N-dealkylation sites (tertiary alicyclic amines) is 1. The van der Waals surface area contributed by atoms with Crippen molar-refractivity contribution in [3.8, 4) is 0 Å². The molecule has 0 spiro atoms. The summed E-state index contributed by atoms with van der Waals surface area (Å²) >= 11 is 1.43. The van der Waals surface area contributed by atoms with E-state index in [2.05, 4.69) is 4.98 Å². The lowest BCUT2D eigenvalue weighted by Gasteiger charge is -2.31. The Labute approximate surface area is 203 Å². The quantitative estimate of drug-likeness (QED) is 0.232. The molecule has 0 bridgehead atoms. The molecule has 1 fully saturated rings. The summed E-state index contributed by atoms with van der Waals surface area (Å²) in [5.74, 6) is -0.136. The number of hydrogen-bond acceptors (Lipinski definition) is 6. The molecule has 2 aromatic rings. The highest BCUT2D eigenvalue weighted by Crippen LogP contribution is 2.21. The number of nitrogens with zero attached hydrogens (tertiary/aromatic N) is 3. The molecule has 9 heteroatoms. The van der Waals surface area contributed by atoms with Crippen LogP contribution in [0.1, 0.15) is 49.4 Å². The van der Waals surface area contributed by atoms with Gasteiger partial charge in [-0.3, -0.25) is 19.0 Å². The summed E-state index contributed by atoms with van der Waals surface area (Å²) in [5.41, 5.74) is 1.34. The Balaban J connectivity index is 1.54. The summed E-state index contributed by atoms with van der Waals surface area (Å²) < 4.78 is 20.6. The van der Waals surface area contributed by atoms with Crippen LogP contribution in [-0.2, 0) is 27.8 Å². The van der Waals surface area contributed by atoms with Gasteiger partial charge in [0.1, 0.15) is 5.82 Å². The third-order valence-corrected chi connectivity index (χ3v) is 7.15. The molecule has 0 aliphatic carbocycles. The largest absolute Gasteiger partial charge is 0.466 e. The second-order valence-corrected chi connectivity index (χ2v) is 9.54. The van der Waals surface area contributed by atoms with E-state index >= 15 is 0 Å². The minimum Gasteiger partial charge on any atom is -0.466 e. The zero-order valence-electron chi connectivity index (χ0n) is 20.0. The van der Waals surface area contributed by atoms with E-state index in [4.69, 9.17) is 4.74 Å². The van der Waals surface area contributed by atoms with Gasteiger partial charge in [0, 0.05) is 50.0 Å². The van der Waals surface area contributed by atoms with Crippen LogP contribution in [0.15, 0.2) is 34.2 Å². The molecule has 0 saturated carbocycles. The summed E-state index contributed by atoms with van der Waals surface area (Å²) in [5, 5.41) is 0.576. The average Bonchev–Trinajstić information content (AvgIpc) is 2.83. The van der Waals surface area contributed by atoms with E-state index in [-0.39, 0.29) is 35.6 Å². The van der Waals surface area contributed by atoms with E-state index in [1.54, 1.807) is 44.0 Å². The van der Waals surface area contributed by atoms with Crippen molar-refractivity contribution in [2.75, 3.05) is 25.4 Å². The third kappa shape index (κ3) is 6.46. The van der Waals surface area contributed by atoms with Crippen LogP contribution in [0, 0.1) is 18.7 Å². The van der Waals surface area contributed by atoms with Crippen LogP contribution in [0.4, 0.5) is 4.39 Å². The lowest BCUT2D eigenvalue weighted by Crippen LogP contribution is -2.42. The second kappa shape index (κ2) is 12.1. The summed E-state index contributed by atoms with van der Waals surface area (Å²) in [6.07, 6.45) is 2.76. The molecule has 1 amide bonds. The van der Waals surface area contributed by atoms with E-state index < -0.39 is 0 Å². The van der Waals surface area contributed by atoms with Crippen molar-refractivity contribution in [2.45, 2.75) is 51.1 Å². The lowest BCUT2D eigenvalue weighted by molar-refractivity contribution is -0.151. The molecule has 1 aliphatic heterocycles. The predicted octanol–water partition coefficient (Wildman–Crippen LogP) is 3.49. The van der Waals surface area contributed by atoms with Gasteiger partial charge in [-0.05, 0) is 44.7 Å². The first kappa shape index (κ1) is 25.9. The highest BCUT2D eigenvalue weighted by molar-refractivity contribution is 7.99. The number of hydrogen-bond donors (Lipinski definition) is 0. The van der Waals surface area contributed by atoms with Crippen molar-refractivity contribution < 1.29 is 18.7 Å². The number of rotatable bonds is 9. The fourth-order valence-electron chi connectivity index (χ4n) is 4.10. The van der Waals surface area contributed by atoms with Gasteiger partial charge in [-0.25, -0.2) is 9.37 Å². The molecule has 34 heavy (non-hydrogen) atoms. The van der Waals surface area contributed by atoms with Crippen LogP contribution in [0.3, 0.4) is 0 Å². The third-order valence-electron chi connectivity index (χ3n) is 6.04. The van der Waals surface area contributed by atoms with Crippen molar-refractivity contribution in [3.05, 3.63) is 57.3 Å². The van der Waals surface area contributed by atoms with Gasteiger partial charge in [0.05, 0.1) is 12.5 Å². The minimum atomic E-state index is -0.339. The molecule has 0 radical (unpaired) electrons. The second-order valence-electron chi connectivity index (χ2n) is 8.47. The molecule has 1 saturated heterocycles. The number of aryl methyl sites for hydroxylation is 1. The topological polar surface area (TPSA) is 81.5 Å². The summed E-state index contributed by atoms with van der Waals surface area (Å²) in [4.78, 5) is 43.8. The molecule has 3 rings (SSSR count). The van der Waals surface area contributed by atoms with E-state index in [0.29, 0.717) is 60.3 Å². The van der Waals surface area contributed by atoms with E-state index in [0.717, 1.165) is 12.8 Å². The Morgan fingerprint density at radius 2 is 2.06 bits per heavy atom. The highest BCUT2D eigenvalue weighted by Gasteiger charge is 2.29. The average molecular weight is 490 g/mol. The first-order valence-corrected chi connectivity index (χ1v) is 12.7. The summed E-state index contributed by atoms with van der Waals surface area (Å²) in [6, 6.07) is 6.43. The minimum absolute atomic E-state index is 0.0351. The molecule has 1 aromatic carbocycles. The number of benzene rings is 1. The Bertz CT molecular complexity index is 1090. The Morgan fingerprint density at radius 1 is 1.29 bits per heavy atom. The maximum atomic E-state index is 14.0. The highest BCUT2D eigenvalue weighted by atomic mass is 32.2. The normalized spacial score (nSPS) is 15.9. The van der Waals surface area contributed by atoms with Gasteiger partial charge >= 0.3 is 5.97 Å². The molecule has 184 valence electrons. The van der Waals surface area contributed by atoms with Gasteiger partial charge < -0.3 is 9.64 Å². The van der Waals surface area contributed by atoms with Gasteiger partial charge in [0.2, 0.25) is 5.91 Å². The molecule has 7 nitrogen and oxygen atoms in total. The molecule has 1 aromatic heterocycles. The zero-order chi connectivity index (χ0) is 24.7. The number of aromatic nitrogens is 2. The molecular formula is C25H32FN3O4S. The standard InChI is InChI=1S/C25H32FN3O4S/c1-4-33-24(32)19-10-7-13-29(16-19)22(30)12-8-14-34-25-27-17(2)20(23(31)28(25)3)15-18-9-5-6-11-21(18)26/h5-6,9,11,19H,4,7-8,10,12-16H2,1-3H3. The van der Waals surface area contributed by atoms with Crippen molar-refractivity contribution >= 4 is 23.6 Å². The van der Waals surface area contributed by atoms with Crippen molar-refractivity contribution in [3.63, 3.8) is 0 Å². The zero-order valence-corrected chi connectivity index (χ0v) is 20.8. The number of carbonyl (C=O) groups excluding carboxylic acids is 2. The summed E-state index contributed by atoms with van der Waals surface area (Å²) in [6.45, 7) is 4.98. The first-order valence-electron chi connectivity index (χ1n) is 11.7. The maximum Gasteiger partial charge on any atom is 0.310 e. The molecule has 1 aliphatic rings. The van der Waals surface area contributed by atoms with Crippen LogP contribution in [0.25, 0.3) is 0 Å². The Hall–Kier alpha value is -2.68. The smallest absolute Gasteiger partial charge is 0.310 e. The molecule has 2 heterocycles. The van der Waals surface area contributed by atoms with Crippen LogP contribution in [-0.4, -0.2) is 51.8 Å². The summed E-state index contributed by atoms with van der Waals surface area (Å²) in [7, 11) is 1.66. The van der Waals surface area contributed by atoms with Gasteiger partial charge in [-0.1, -0.05) is 30.0 Å². The molecule has 1 unspecified atom stereocenters. The number of amides is 1. The maximum absolute atomic E-state index is 14.0. The van der Waals surface area contributed by atoms with E-state index in [1.807, 2.05) is 0 Å². The number of halogens is 1. The number of ether oxygens (including phenoxy) is 1. The van der Waals surface area contributed by atoms with Crippen LogP contribution in [0.2, 0.25) is 0 Å². The first-order chi connectivity index (χ1) is 16.3. The van der Waals surface area contributed by atoms with Crippen LogP contribution in [0.5, 0.6) is 0 Å². The van der Waals surface area contributed by atoms with Gasteiger partial charge in [-0.2, -0.15) is 0 Å². The van der Waals surface area contributed by atoms with Gasteiger partial charge in [0.25, 0.3) is 5.56 Å². The monoisotopic (exact) mass is 489 g/mol.